The molecule has 0 saturated carbocycles. The van der Waals surface area contributed by atoms with Crippen LogP contribution in [-0.2, 0) is 10.4 Å². The molecule has 2 heterocycles. The van der Waals surface area contributed by atoms with Gasteiger partial charge >= 0.3 is 6.18 Å². The van der Waals surface area contributed by atoms with Gasteiger partial charge in [-0.25, -0.2) is 14.5 Å². The normalized spacial score (nSPS) is 19.1. The summed E-state index contributed by atoms with van der Waals surface area (Å²) in [6.07, 6.45) is 0.724. The predicted molar refractivity (Wildman–Crippen MR) is 116 cm³/mol. The number of hydroxylamine groups is 2. The molecule has 0 N–H and O–H groups in total. The van der Waals surface area contributed by atoms with Crippen LogP contribution in [0.3, 0.4) is 0 Å². The lowest BCUT2D eigenvalue weighted by Gasteiger charge is -2.31. The van der Waals surface area contributed by atoms with Crippen LogP contribution in [0.25, 0.3) is 11.4 Å². The summed E-state index contributed by atoms with van der Waals surface area (Å²) in [5.74, 6) is 0. The molecule has 1 atom stereocenters. The summed E-state index contributed by atoms with van der Waals surface area (Å²) in [7, 11) is 3.00. The Hall–Kier alpha value is -2.88. The van der Waals surface area contributed by atoms with E-state index in [1.165, 1.54) is 42.6 Å². The molecule has 166 valence electrons. The van der Waals surface area contributed by atoms with E-state index < -0.39 is 11.8 Å². The van der Waals surface area contributed by atoms with Gasteiger partial charge in [-0.1, -0.05) is 29.3 Å². The number of nitrogens with zero attached hydrogens (tertiary/aromatic N) is 5. The third-order valence-electron chi connectivity index (χ3n) is 4.93. The van der Waals surface area contributed by atoms with E-state index in [9.17, 15) is 13.2 Å². The van der Waals surface area contributed by atoms with E-state index in [-0.39, 0.29) is 21.3 Å². The molecule has 1 aliphatic rings. The van der Waals surface area contributed by atoms with Crippen molar-refractivity contribution in [2.75, 3.05) is 14.1 Å². The van der Waals surface area contributed by atoms with Crippen molar-refractivity contribution in [1.29, 1.82) is 0 Å². The number of alkyl halides is 3. The minimum Gasteiger partial charge on any atom is -0.296 e. The highest BCUT2D eigenvalue weighted by Gasteiger charge is 2.60. The predicted octanol–water partition coefficient (Wildman–Crippen LogP) is 5.30. The third-order valence-corrected chi connectivity index (χ3v) is 5.37. The van der Waals surface area contributed by atoms with E-state index in [1.807, 2.05) is 0 Å². The monoisotopic (exact) mass is 481 g/mol. The van der Waals surface area contributed by atoms with Crippen LogP contribution in [0.5, 0.6) is 0 Å². The van der Waals surface area contributed by atoms with E-state index >= 15 is 0 Å². The number of hydrogen-bond donors (Lipinski definition) is 0. The Morgan fingerprint density at radius 1 is 1.12 bits per heavy atom. The lowest BCUT2D eigenvalue weighted by atomic mass is 9.91. The summed E-state index contributed by atoms with van der Waals surface area (Å²) in [6, 6.07) is 8.84. The lowest BCUT2D eigenvalue weighted by Crippen LogP contribution is -2.42. The number of aromatic nitrogens is 3. The Bertz CT molecular complexity index is 1190. The molecule has 2 aromatic carbocycles. The molecule has 11 heteroatoms. The number of halogens is 5. The Labute approximate surface area is 191 Å². The van der Waals surface area contributed by atoms with Crippen molar-refractivity contribution in [2.45, 2.75) is 11.8 Å². The molecule has 32 heavy (non-hydrogen) atoms. The maximum atomic E-state index is 14.4. The van der Waals surface area contributed by atoms with E-state index in [1.54, 1.807) is 31.5 Å². The van der Waals surface area contributed by atoms with Crippen LogP contribution in [0, 0.1) is 0 Å². The summed E-state index contributed by atoms with van der Waals surface area (Å²) in [5.41, 5.74) is -0.962. The number of hydrogen-bond acceptors (Lipinski definition) is 5. The first kappa shape index (κ1) is 22.3. The van der Waals surface area contributed by atoms with Gasteiger partial charge in [-0.2, -0.15) is 18.3 Å². The smallest absolute Gasteiger partial charge is 0.296 e. The molecule has 6 nitrogen and oxygen atoms in total. The average molecular weight is 482 g/mol. The molecular weight excluding hydrogens is 466 g/mol. The van der Waals surface area contributed by atoms with Crippen molar-refractivity contribution in [3.05, 3.63) is 81.9 Å². The van der Waals surface area contributed by atoms with Gasteiger partial charge in [0.1, 0.15) is 12.7 Å². The fourth-order valence-electron chi connectivity index (χ4n) is 3.54. The van der Waals surface area contributed by atoms with Crippen LogP contribution >= 0.6 is 23.2 Å². The highest BCUT2D eigenvalue weighted by atomic mass is 35.5. The average Bonchev–Trinajstić information content (AvgIpc) is 3.35. The van der Waals surface area contributed by atoms with Crippen molar-refractivity contribution >= 4 is 35.1 Å². The van der Waals surface area contributed by atoms with E-state index in [0.717, 1.165) is 11.1 Å². The second-order valence-electron chi connectivity index (χ2n) is 7.01. The molecule has 0 bridgehead atoms. The zero-order chi connectivity index (χ0) is 23.1. The SMILES string of the molecule is CN=Cc1cc(C2=CC(c3cc(Cl)cc(Cl)c3)(C(F)(F)F)ON2C)ccc1-n1cncn1. The zero-order valence-electron chi connectivity index (χ0n) is 16.8. The molecule has 4 rings (SSSR count). The number of benzene rings is 2. The van der Waals surface area contributed by atoms with Crippen molar-refractivity contribution in [1.82, 2.24) is 19.8 Å². The first-order chi connectivity index (χ1) is 15.1. The van der Waals surface area contributed by atoms with Gasteiger partial charge in [0.2, 0.25) is 5.60 Å². The maximum Gasteiger partial charge on any atom is 0.428 e. The third kappa shape index (κ3) is 3.87. The summed E-state index contributed by atoms with van der Waals surface area (Å²) in [5, 5.41) is 5.33. The summed E-state index contributed by atoms with van der Waals surface area (Å²) in [6.45, 7) is 0. The van der Waals surface area contributed by atoms with Gasteiger partial charge in [0.05, 0.1) is 11.4 Å². The van der Waals surface area contributed by atoms with Crippen molar-refractivity contribution in [2.24, 2.45) is 4.99 Å². The standard InChI is InChI=1S/C21H16Cl2F3N5O/c1-27-10-14-5-13(3-4-18(14)31-12-28-11-29-31)19-9-20(21(24,25)26,32-30(19)2)15-6-16(22)8-17(23)7-15/h3-12H,1-2H3. The highest BCUT2D eigenvalue weighted by Crippen LogP contribution is 2.51. The molecule has 1 aliphatic heterocycles. The second kappa shape index (κ2) is 8.23. The molecule has 0 fully saturated rings. The zero-order valence-corrected chi connectivity index (χ0v) is 18.3. The van der Waals surface area contributed by atoms with Crippen LogP contribution in [0.1, 0.15) is 16.7 Å². The van der Waals surface area contributed by atoms with Gasteiger partial charge in [0.15, 0.2) is 0 Å². The summed E-state index contributed by atoms with van der Waals surface area (Å²) in [4.78, 5) is 13.4. The quantitative estimate of drug-likeness (QED) is 0.474. The first-order valence-corrected chi connectivity index (χ1v) is 10.0. The molecule has 3 aromatic rings. The lowest BCUT2D eigenvalue weighted by molar-refractivity contribution is -0.308. The second-order valence-corrected chi connectivity index (χ2v) is 7.88. The molecule has 1 aromatic heterocycles. The van der Waals surface area contributed by atoms with E-state index in [2.05, 4.69) is 15.1 Å². The van der Waals surface area contributed by atoms with Crippen molar-refractivity contribution in [3.63, 3.8) is 0 Å². The van der Waals surface area contributed by atoms with Gasteiger partial charge in [-0.3, -0.25) is 10.1 Å². The molecule has 0 saturated heterocycles. The molecule has 0 aliphatic carbocycles. The fraction of sp³-hybridized carbons (Fsp3) is 0.190. The van der Waals surface area contributed by atoms with Crippen LogP contribution in [0.15, 0.2) is 60.1 Å². The van der Waals surface area contributed by atoms with Gasteiger partial charge < -0.3 is 0 Å². The molecular formula is C21H16Cl2F3N5O. The van der Waals surface area contributed by atoms with Gasteiger partial charge in [-0.05, 0) is 36.4 Å². The molecule has 0 amide bonds. The summed E-state index contributed by atoms with van der Waals surface area (Å²) >= 11 is 12.0. The Balaban J connectivity index is 1.87. The minimum absolute atomic E-state index is 0.0721. The van der Waals surface area contributed by atoms with Crippen LogP contribution < -0.4 is 0 Å². The van der Waals surface area contributed by atoms with E-state index in [0.29, 0.717) is 16.8 Å². The number of aliphatic imine (C=N–C) groups is 1. The largest absolute Gasteiger partial charge is 0.428 e. The van der Waals surface area contributed by atoms with Crippen LogP contribution in [-0.4, -0.2) is 46.3 Å². The topological polar surface area (TPSA) is 55.5 Å². The van der Waals surface area contributed by atoms with Crippen molar-refractivity contribution in [3.8, 4) is 5.69 Å². The van der Waals surface area contributed by atoms with Gasteiger partial charge in [-0.15, -0.1) is 0 Å². The Morgan fingerprint density at radius 2 is 1.84 bits per heavy atom. The number of rotatable bonds is 4. The minimum atomic E-state index is -4.79. The Kier molecular flexibility index (Phi) is 5.74. The Morgan fingerprint density at radius 3 is 2.44 bits per heavy atom. The maximum absolute atomic E-state index is 14.4. The molecule has 1 unspecified atom stereocenters. The van der Waals surface area contributed by atoms with Crippen LogP contribution in [0.4, 0.5) is 13.2 Å². The highest BCUT2D eigenvalue weighted by molar-refractivity contribution is 6.34. The van der Waals surface area contributed by atoms with Gasteiger partial charge in [0, 0.05) is 47.0 Å². The van der Waals surface area contributed by atoms with E-state index in [4.69, 9.17) is 28.0 Å². The first-order valence-electron chi connectivity index (χ1n) is 9.25. The fourth-order valence-corrected chi connectivity index (χ4v) is 4.07. The van der Waals surface area contributed by atoms with Crippen molar-refractivity contribution < 1.29 is 18.0 Å². The van der Waals surface area contributed by atoms with Gasteiger partial charge in [0.25, 0.3) is 0 Å². The molecule has 0 spiro atoms. The van der Waals surface area contributed by atoms with Crippen LogP contribution in [0.2, 0.25) is 10.0 Å². The molecule has 0 radical (unpaired) electrons. The summed E-state index contributed by atoms with van der Waals surface area (Å²) < 4.78 is 44.6.